The first-order valence-electron chi connectivity index (χ1n) is 5.92. The standard InChI is InChI=1S/C13H20N2O2/c1-2-6-15-13(17)9-14-8-11-4-3-5-12(7-11)10-16/h3-5,7,14,16H,2,6,8-10H2,1H3,(H,15,17). The van der Waals surface area contributed by atoms with Gasteiger partial charge < -0.3 is 15.7 Å². The van der Waals surface area contributed by atoms with Crippen LogP contribution in [0.1, 0.15) is 24.5 Å². The summed E-state index contributed by atoms with van der Waals surface area (Å²) in [6, 6.07) is 7.67. The summed E-state index contributed by atoms with van der Waals surface area (Å²) in [6.45, 7) is 3.75. The van der Waals surface area contributed by atoms with Crippen LogP contribution in [0.3, 0.4) is 0 Å². The van der Waals surface area contributed by atoms with Crippen molar-refractivity contribution in [1.29, 1.82) is 0 Å². The van der Waals surface area contributed by atoms with Crippen LogP contribution in [0.15, 0.2) is 24.3 Å². The van der Waals surface area contributed by atoms with Gasteiger partial charge in [-0.3, -0.25) is 4.79 Å². The van der Waals surface area contributed by atoms with Gasteiger partial charge in [-0.05, 0) is 17.5 Å². The highest BCUT2D eigenvalue weighted by molar-refractivity contribution is 5.77. The molecule has 4 heteroatoms. The summed E-state index contributed by atoms with van der Waals surface area (Å²) >= 11 is 0. The Morgan fingerprint density at radius 2 is 2.12 bits per heavy atom. The van der Waals surface area contributed by atoms with Gasteiger partial charge in [-0.1, -0.05) is 31.2 Å². The Bertz CT molecular complexity index is 353. The molecule has 0 spiro atoms. The lowest BCUT2D eigenvalue weighted by atomic mass is 10.1. The molecule has 0 radical (unpaired) electrons. The van der Waals surface area contributed by atoms with Crippen LogP contribution in [0, 0.1) is 0 Å². The van der Waals surface area contributed by atoms with Crippen LogP contribution in [-0.2, 0) is 17.9 Å². The Morgan fingerprint density at radius 3 is 2.82 bits per heavy atom. The smallest absolute Gasteiger partial charge is 0.233 e. The topological polar surface area (TPSA) is 61.4 Å². The molecule has 0 fully saturated rings. The summed E-state index contributed by atoms with van der Waals surface area (Å²) in [7, 11) is 0. The Labute approximate surface area is 102 Å². The van der Waals surface area contributed by atoms with Crippen molar-refractivity contribution in [3.05, 3.63) is 35.4 Å². The quantitative estimate of drug-likeness (QED) is 0.656. The van der Waals surface area contributed by atoms with Gasteiger partial charge in [0.2, 0.25) is 5.91 Å². The number of aliphatic hydroxyl groups excluding tert-OH is 1. The molecule has 17 heavy (non-hydrogen) atoms. The zero-order valence-corrected chi connectivity index (χ0v) is 10.2. The molecule has 1 aromatic rings. The highest BCUT2D eigenvalue weighted by atomic mass is 16.3. The average Bonchev–Trinajstić information content (AvgIpc) is 2.36. The molecule has 0 aliphatic rings. The molecule has 3 N–H and O–H groups in total. The van der Waals surface area contributed by atoms with Crippen molar-refractivity contribution in [2.45, 2.75) is 26.5 Å². The molecule has 0 aliphatic heterocycles. The fourth-order valence-electron chi connectivity index (χ4n) is 1.49. The molecule has 0 saturated heterocycles. The maximum atomic E-state index is 11.3. The SMILES string of the molecule is CCCNC(=O)CNCc1cccc(CO)c1. The van der Waals surface area contributed by atoms with Gasteiger partial charge in [0.15, 0.2) is 0 Å². The maximum absolute atomic E-state index is 11.3. The van der Waals surface area contributed by atoms with E-state index >= 15 is 0 Å². The van der Waals surface area contributed by atoms with Crippen LogP contribution in [-0.4, -0.2) is 24.1 Å². The molecular weight excluding hydrogens is 216 g/mol. The van der Waals surface area contributed by atoms with Gasteiger partial charge in [-0.15, -0.1) is 0 Å². The van der Waals surface area contributed by atoms with E-state index in [1.165, 1.54) is 0 Å². The van der Waals surface area contributed by atoms with Crippen LogP contribution in [0.2, 0.25) is 0 Å². The van der Waals surface area contributed by atoms with Gasteiger partial charge in [0.25, 0.3) is 0 Å². The molecule has 0 atom stereocenters. The maximum Gasteiger partial charge on any atom is 0.233 e. The summed E-state index contributed by atoms with van der Waals surface area (Å²) in [5.74, 6) is 0.0187. The number of rotatable bonds is 7. The zero-order valence-electron chi connectivity index (χ0n) is 10.2. The average molecular weight is 236 g/mol. The molecule has 0 bridgehead atoms. The number of hydrogen-bond acceptors (Lipinski definition) is 3. The normalized spacial score (nSPS) is 10.2. The van der Waals surface area contributed by atoms with E-state index in [-0.39, 0.29) is 12.5 Å². The fraction of sp³-hybridized carbons (Fsp3) is 0.462. The third-order valence-corrected chi connectivity index (χ3v) is 2.36. The zero-order chi connectivity index (χ0) is 12.5. The minimum absolute atomic E-state index is 0.0187. The first-order chi connectivity index (χ1) is 8.26. The predicted octanol–water partition coefficient (Wildman–Crippen LogP) is 0.795. The lowest BCUT2D eigenvalue weighted by molar-refractivity contribution is -0.120. The number of carbonyl (C=O) groups excluding carboxylic acids is 1. The number of nitrogens with one attached hydrogen (secondary N) is 2. The lowest BCUT2D eigenvalue weighted by Gasteiger charge is -2.06. The van der Waals surface area contributed by atoms with Crippen molar-refractivity contribution in [2.24, 2.45) is 0 Å². The Balaban J connectivity index is 2.28. The number of benzene rings is 1. The molecule has 0 aliphatic carbocycles. The van der Waals surface area contributed by atoms with Crippen LogP contribution >= 0.6 is 0 Å². The number of carbonyl (C=O) groups is 1. The number of aliphatic hydroxyl groups is 1. The number of amides is 1. The lowest BCUT2D eigenvalue weighted by Crippen LogP contribution is -2.33. The van der Waals surface area contributed by atoms with E-state index in [0.717, 1.165) is 24.1 Å². The minimum atomic E-state index is 0.0187. The third kappa shape index (κ3) is 5.47. The van der Waals surface area contributed by atoms with E-state index in [1.54, 1.807) is 0 Å². The molecular formula is C13H20N2O2. The van der Waals surface area contributed by atoms with Gasteiger partial charge in [0.05, 0.1) is 13.2 Å². The van der Waals surface area contributed by atoms with E-state index in [9.17, 15) is 4.79 Å². The van der Waals surface area contributed by atoms with Crippen LogP contribution in [0.25, 0.3) is 0 Å². The molecule has 0 unspecified atom stereocenters. The van der Waals surface area contributed by atoms with Crippen molar-refractivity contribution >= 4 is 5.91 Å². The van der Waals surface area contributed by atoms with Crippen molar-refractivity contribution in [1.82, 2.24) is 10.6 Å². The van der Waals surface area contributed by atoms with Crippen molar-refractivity contribution in [3.8, 4) is 0 Å². The van der Waals surface area contributed by atoms with Gasteiger partial charge in [0.1, 0.15) is 0 Å². The highest BCUT2D eigenvalue weighted by Crippen LogP contribution is 2.04. The van der Waals surface area contributed by atoms with Crippen molar-refractivity contribution < 1.29 is 9.90 Å². The fourth-order valence-corrected chi connectivity index (χ4v) is 1.49. The van der Waals surface area contributed by atoms with Gasteiger partial charge >= 0.3 is 0 Å². The molecule has 94 valence electrons. The van der Waals surface area contributed by atoms with Crippen LogP contribution in [0.5, 0.6) is 0 Å². The molecule has 4 nitrogen and oxygen atoms in total. The monoisotopic (exact) mass is 236 g/mol. The number of hydrogen-bond donors (Lipinski definition) is 3. The Morgan fingerprint density at radius 1 is 1.35 bits per heavy atom. The molecule has 0 saturated carbocycles. The first kappa shape index (κ1) is 13.7. The largest absolute Gasteiger partial charge is 0.392 e. The van der Waals surface area contributed by atoms with E-state index in [2.05, 4.69) is 10.6 Å². The second-order valence-corrected chi connectivity index (χ2v) is 3.93. The summed E-state index contributed by atoms with van der Waals surface area (Å²) in [5.41, 5.74) is 1.96. The van der Waals surface area contributed by atoms with E-state index < -0.39 is 0 Å². The second kappa shape index (κ2) is 7.81. The van der Waals surface area contributed by atoms with Crippen molar-refractivity contribution in [2.75, 3.05) is 13.1 Å². The van der Waals surface area contributed by atoms with E-state index in [0.29, 0.717) is 13.1 Å². The molecule has 1 amide bonds. The summed E-state index contributed by atoms with van der Waals surface area (Å²) < 4.78 is 0. The van der Waals surface area contributed by atoms with Gasteiger partial charge in [-0.2, -0.15) is 0 Å². The molecule has 1 rings (SSSR count). The van der Waals surface area contributed by atoms with E-state index in [4.69, 9.17) is 5.11 Å². The van der Waals surface area contributed by atoms with E-state index in [1.807, 2.05) is 31.2 Å². The Hall–Kier alpha value is -1.39. The predicted molar refractivity (Wildman–Crippen MR) is 67.4 cm³/mol. The molecule has 0 heterocycles. The third-order valence-electron chi connectivity index (χ3n) is 2.36. The summed E-state index contributed by atoms with van der Waals surface area (Å²) in [4.78, 5) is 11.3. The molecule has 1 aromatic carbocycles. The highest BCUT2D eigenvalue weighted by Gasteiger charge is 1.99. The summed E-state index contributed by atoms with van der Waals surface area (Å²) in [6.07, 6.45) is 0.949. The van der Waals surface area contributed by atoms with Gasteiger partial charge in [0, 0.05) is 13.1 Å². The minimum Gasteiger partial charge on any atom is -0.392 e. The van der Waals surface area contributed by atoms with Gasteiger partial charge in [-0.25, -0.2) is 0 Å². The molecule has 0 aromatic heterocycles. The summed E-state index contributed by atoms with van der Waals surface area (Å²) in [5, 5.41) is 14.9. The van der Waals surface area contributed by atoms with Crippen molar-refractivity contribution in [3.63, 3.8) is 0 Å². The Kier molecular flexibility index (Phi) is 6.29. The van der Waals surface area contributed by atoms with Crippen LogP contribution < -0.4 is 10.6 Å². The van der Waals surface area contributed by atoms with Crippen LogP contribution in [0.4, 0.5) is 0 Å². The second-order valence-electron chi connectivity index (χ2n) is 3.93. The first-order valence-corrected chi connectivity index (χ1v) is 5.92.